The first-order chi connectivity index (χ1) is 38.0. The van der Waals surface area contributed by atoms with Gasteiger partial charge in [0.05, 0.1) is 0 Å². The third-order valence-corrected chi connectivity index (χ3v) is 13.7. The van der Waals surface area contributed by atoms with Crippen molar-refractivity contribution in [3.8, 4) is 0 Å². The highest BCUT2D eigenvalue weighted by Crippen LogP contribution is 2.15. The quantitative estimate of drug-likeness (QED) is 0.0261. The number of hydrogen-bond donors (Lipinski definition) is 0. The van der Waals surface area contributed by atoms with Crippen LogP contribution in [-0.4, -0.2) is 37.2 Å². The molecule has 440 valence electrons. The van der Waals surface area contributed by atoms with Gasteiger partial charge in [0, 0.05) is 19.3 Å². The molecule has 77 heavy (non-hydrogen) atoms. The second kappa shape index (κ2) is 64.6. The first-order valence-corrected chi connectivity index (χ1v) is 32.4. The molecule has 0 fully saturated rings. The predicted molar refractivity (Wildman–Crippen MR) is 334 cm³/mol. The van der Waals surface area contributed by atoms with Gasteiger partial charge in [0.15, 0.2) is 6.10 Å². The van der Waals surface area contributed by atoms with Crippen molar-refractivity contribution in [1.82, 2.24) is 0 Å². The second-order valence-electron chi connectivity index (χ2n) is 21.3. The lowest BCUT2D eigenvalue weighted by molar-refractivity contribution is -0.167. The third-order valence-electron chi connectivity index (χ3n) is 13.7. The van der Waals surface area contributed by atoms with Crippen molar-refractivity contribution in [1.29, 1.82) is 0 Å². The molecule has 0 N–H and O–H groups in total. The Kier molecular flexibility index (Phi) is 61.3. The largest absolute Gasteiger partial charge is 0.462 e. The van der Waals surface area contributed by atoms with Crippen LogP contribution in [0.2, 0.25) is 0 Å². The number of carbonyl (C=O) groups excluding carboxylic acids is 3. The van der Waals surface area contributed by atoms with Crippen LogP contribution < -0.4 is 0 Å². The lowest BCUT2D eigenvalue weighted by Gasteiger charge is -2.18. The predicted octanol–water partition coefficient (Wildman–Crippen LogP) is 22.2. The molecule has 0 aliphatic carbocycles. The Morgan fingerprint density at radius 2 is 0.506 bits per heavy atom. The van der Waals surface area contributed by atoms with Crippen LogP contribution in [0.4, 0.5) is 0 Å². The molecule has 0 bridgehead atoms. The smallest absolute Gasteiger partial charge is 0.306 e. The maximum absolute atomic E-state index is 12.9. The van der Waals surface area contributed by atoms with Crippen LogP contribution in [0.1, 0.15) is 303 Å². The normalized spacial score (nSPS) is 12.8. The van der Waals surface area contributed by atoms with Crippen molar-refractivity contribution >= 4 is 17.9 Å². The van der Waals surface area contributed by atoms with E-state index in [1.165, 1.54) is 122 Å². The molecule has 0 heterocycles. The summed E-state index contributed by atoms with van der Waals surface area (Å²) in [5, 5.41) is 0. The van der Waals surface area contributed by atoms with E-state index in [1.54, 1.807) is 0 Å². The molecule has 0 aromatic carbocycles. The molecule has 0 aliphatic heterocycles. The molecule has 0 amide bonds. The molecule has 6 nitrogen and oxygen atoms in total. The van der Waals surface area contributed by atoms with E-state index < -0.39 is 6.10 Å². The fourth-order valence-corrected chi connectivity index (χ4v) is 8.88. The molecule has 1 unspecified atom stereocenters. The van der Waals surface area contributed by atoms with E-state index in [4.69, 9.17) is 14.2 Å². The maximum Gasteiger partial charge on any atom is 0.306 e. The fourth-order valence-electron chi connectivity index (χ4n) is 8.88. The number of carbonyl (C=O) groups is 3. The Hall–Kier alpha value is -3.93. The SMILES string of the molecule is CC/C=C\C/C=C\C/C=C\C/C=C\C/C=C\CCCCCCCC(=O)OC(COC(=O)CCCCCCC/C=C\C/C=C\CCCCC)COC(=O)CCCCCCCCCCCCC/C=C\C/C=C\CCCCCCC. The summed E-state index contributed by atoms with van der Waals surface area (Å²) >= 11 is 0. The average molecular weight is 1070 g/mol. The minimum Gasteiger partial charge on any atom is -0.462 e. The van der Waals surface area contributed by atoms with Gasteiger partial charge >= 0.3 is 17.9 Å². The van der Waals surface area contributed by atoms with E-state index >= 15 is 0 Å². The Labute approximate surface area is 476 Å². The van der Waals surface area contributed by atoms with E-state index in [0.717, 1.165) is 141 Å². The van der Waals surface area contributed by atoms with Gasteiger partial charge in [0.25, 0.3) is 0 Å². The number of allylic oxidation sites excluding steroid dienone is 18. The lowest BCUT2D eigenvalue weighted by Crippen LogP contribution is -2.30. The van der Waals surface area contributed by atoms with Crippen LogP contribution in [0.3, 0.4) is 0 Å². The number of esters is 3. The summed E-state index contributed by atoms with van der Waals surface area (Å²) in [4.78, 5) is 38.4. The van der Waals surface area contributed by atoms with E-state index in [2.05, 4.69) is 130 Å². The molecular formula is C71H120O6. The van der Waals surface area contributed by atoms with Crippen molar-refractivity contribution < 1.29 is 28.6 Å². The Morgan fingerprint density at radius 3 is 0.818 bits per heavy atom. The summed E-state index contributed by atoms with van der Waals surface area (Å²) < 4.78 is 16.9. The van der Waals surface area contributed by atoms with Crippen molar-refractivity contribution in [3.05, 3.63) is 109 Å². The molecule has 0 saturated heterocycles. The summed E-state index contributed by atoms with van der Waals surface area (Å²) in [7, 11) is 0. The molecule has 6 heteroatoms. The highest BCUT2D eigenvalue weighted by Gasteiger charge is 2.19. The molecule has 0 rings (SSSR count). The van der Waals surface area contributed by atoms with Gasteiger partial charge < -0.3 is 14.2 Å². The first kappa shape index (κ1) is 73.1. The zero-order chi connectivity index (χ0) is 55.7. The summed E-state index contributed by atoms with van der Waals surface area (Å²) in [5.74, 6) is -0.920. The van der Waals surface area contributed by atoms with Crippen molar-refractivity contribution in [2.45, 2.75) is 309 Å². The molecule has 0 saturated carbocycles. The standard InChI is InChI=1S/C71H120O6/c1-4-7-10-13-16-19-22-25-28-30-32-34-35-37-38-40-43-46-49-52-55-58-61-64-70(73)76-67-68(66-75-69(72)63-60-57-54-51-48-45-42-27-24-21-18-15-12-9-6-3)77-71(74)65-62-59-56-53-50-47-44-41-39-36-33-31-29-26-23-20-17-14-11-8-5-2/h8,11,17-18,20-22,25-27,29-30,32-33,36,41-42,44,68H,4-7,9-10,12-16,19,23-24,28,31,34-35,37-40,43,45-67H2,1-3H3/b11-8-,20-17-,21-18-,25-22-,29-26-,32-30-,36-33-,42-27-,44-41-. The van der Waals surface area contributed by atoms with Gasteiger partial charge in [-0.3, -0.25) is 14.4 Å². The second-order valence-corrected chi connectivity index (χ2v) is 21.3. The zero-order valence-electron chi connectivity index (χ0n) is 50.4. The number of unbranched alkanes of at least 4 members (excludes halogenated alkanes) is 29. The van der Waals surface area contributed by atoms with Gasteiger partial charge in [0.1, 0.15) is 13.2 Å². The Bertz CT molecular complexity index is 1560. The highest BCUT2D eigenvalue weighted by atomic mass is 16.6. The molecule has 0 aliphatic rings. The monoisotopic (exact) mass is 1070 g/mol. The number of rotatable bonds is 58. The topological polar surface area (TPSA) is 78.9 Å². The van der Waals surface area contributed by atoms with Gasteiger partial charge in [-0.15, -0.1) is 0 Å². The first-order valence-electron chi connectivity index (χ1n) is 32.4. The van der Waals surface area contributed by atoms with Crippen LogP contribution in [0.25, 0.3) is 0 Å². The lowest BCUT2D eigenvalue weighted by atomic mass is 10.0. The zero-order valence-corrected chi connectivity index (χ0v) is 50.4. The van der Waals surface area contributed by atoms with Gasteiger partial charge in [-0.2, -0.15) is 0 Å². The van der Waals surface area contributed by atoms with Crippen molar-refractivity contribution in [2.75, 3.05) is 13.2 Å². The van der Waals surface area contributed by atoms with Gasteiger partial charge in [-0.1, -0.05) is 265 Å². The fraction of sp³-hybridized carbons (Fsp3) is 0.704. The van der Waals surface area contributed by atoms with Crippen LogP contribution in [0, 0.1) is 0 Å². The molecule has 0 spiro atoms. The summed E-state index contributed by atoms with van der Waals surface area (Å²) in [6.07, 6.45) is 88.0. The third kappa shape index (κ3) is 62.8. The number of hydrogen-bond acceptors (Lipinski definition) is 6. The maximum atomic E-state index is 12.9. The van der Waals surface area contributed by atoms with Crippen molar-refractivity contribution in [3.63, 3.8) is 0 Å². The van der Waals surface area contributed by atoms with E-state index in [1.807, 2.05) is 0 Å². The molecule has 1 atom stereocenters. The van der Waals surface area contributed by atoms with Crippen LogP contribution >= 0.6 is 0 Å². The molecular weight excluding hydrogens is 949 g/mol. The van der Waals surface area contributed by atoms with Crippen LogP contribution in [-0.2, 0) is 28.6 Å². The van der Waals surface area contributed by atoms with Gasteiger partial charge in [-0.05, 0) is 128 Å². The summed E-state index contributed by atoms with van der Waals surface area (Å²) in [5.41, 5.74) is 0. The van der Waals surface area contributed by atoms with Crippen LogP contribution in [0.15, 0.2) is 109 Å². The van der Waals surface area contributed by atoms with E-state index in [-0.39, 0.29) is 31.1 Å². The molecule has 0 aromatic rings. The minimum atomic E-state index is -0.799. The number of ether oxygens (including phenoxy) is 3. The minimum absolute atomic E-state index is 0.0923. The van der Waals surface area contributed by atoms with E-state index in [0.29, 0.717) is 19.3 Å². The van der Waals surface area contributed by atoms with Crippen molar-refractivity contribution in [2.24, 2.45) is 0 Å². The van der Waals surface area contributed by atoms with Gasteiger partial charge in [-0.25, -0.2) is 0 Å². The Morgan fingerprint density at radius 1 is 0.273 bits per heavy atom. The summed E-state index contributed by atoms with van der Waals surface area (Å²) in [6.45, 7) is 6.48. The average Bonchev–Trinajstić information content (AvgIpc) is 3.43. The summed E-state index contributed by atoms with van der Waals surface area (Å²) in [6, 6.07) is 0. The molecule has 0 radical (unpaired) electrons. The van der Waals surface area contributed by atoms with Gasteiger partial charge in [0.2, 0.25) is 0 Å². The molecule has 0 aromatic heterocycles. The highest BCUT2D eigenvalue weighted by molar-refractivity contribution is 5.71. The Balaban J connectivity index is 4.42. The van der Waals surface area contributed by atoms with Crippen LogP contribution in [0.5, 0.6) is 0 Å². The van der Waals surface area contributed by atoms with E-state index in [9.17, 15) is 14.4 Å².